The topological polar surface area (TPSA) is 219 Å². The van der Waals surface area contributed by atoms with Crippen molar-refractivity contribution in [1.82, 2.24) is 15.5 Å². The van der Waals surface area contributed by atoms with Gasteiger partial charge in [0.05, 0.1) is 0 Å². The second kappa shape index (κ2) is 18.1. The van der Waals surface area contributed by atoms with Crippen LogP contribution in [0.15, 0.2) is 24.3 Å². The fraction of sp³-hybridized carbons (Fsp3) is 0.559. The van der Waals surface area contributed by atoms with Crippen molar-refractivity contribution in [3.8, 4) is 5.88 Å². The van der Waals surface area contributed by atoms with Crippen molar-refractivity contribution in [2.75, 3.05) is 6.61 Å². The molecule has 16 heteroatoms. The van der Waals surface area contributed by atoms with Gasteiger partial charge < -0.3 is 38.8 Å². The lowest BCUT2D eigenvalue weighted by Gasteiger charge is -2.43. The van der Waals surface area contributed by atoms with Crippen molar-refractivity contribution in [3.05, 3.63) is 46.6 Å². The van der Waals surface area contributed by atoms with Crippen LogP contribution in [0.5, 0.6) is 5.88 Å². The second-order valence-corrected chi connectivity index (χ2v) is 12.2. The minimum absolute atomic E-state index is 0.0143. The molecule has 0 bridgehead atoms. The number of benzene rings is 1. The van der Waals surface area contributed by atoms with Crippen molar-refractivity contribution in [3.63, 3.8) is 0 Å². The quantitative estimate of drug-likeness (QED) is 0.169. The molecule has 1 saturated heterocycles. The van der Waals surface area contributed by atoms with E-state index in [0.29, 0.717) is 24.8 Å². The predicted octanol–water partition coefficient (Wildman–Crippen LogP) is 2.50. The third-order valence-corrected chi connectivity index (χ3v) is 7.64. The van der Waals surface area contributed by atoms with E-state index in [2.05, 4.69) is 15.5 Å². The summed E-state index contributed by atoms with van der Waals surface area (Å²) in [5.74, 6) is -4.25. The number of nitrogens with one attached hydrogen (secondary N) is 2. The van der Waals surface area contributed by atoms with E-state index in [9.17, 15) is 28.8 Å². The lowest BCUT2D eigenvalue weighted by Crippen LogP contribution is -2.63. The first kappa shape index (κ1) is 39.4. The molecular weight excluding hydrogens is 658 g/mol. The summed E-state index contributed by atoms with van der Waals surface area (Å²) in [6.45, 7) is 9.53. The number of H-pyrrole nitrogens is 1. The highest BCUT2D eigenvalue weighted by Gasteiger charge is 2.53. The van der Waals surface area contributed by atoms with E-state index in [1.54, 1.807) is 0 Å². The summed E-state index contributed by atoms with van der Waals surface area (Å²) in [6, 6.07) is 6.76. The molecule has 3 rings (SSSR count). The molecule has 16 nitrogen and oxygen atoms in total. The van der Waals surface area contributed by atoms with Gasteiger partial charge in [0.2, 0.25) is 24.2 Å². The zero-order valence-corrected chi connectivity index (χ0v) is 29.2. The van der Waals surface area contributed by atoms with Gasteiger partial charge in [-0.15, -0.1) is 5.10 Å². The molecule has 1 amide bonds. The molecular formula is C34H45N3O13. The third kappa shape index (κ3) is 11.6. The van der Waals surface area contributed by atoms with Crippen LogP contribution in [-0.4, -0.2) is 94.4 Å². The standard InChI is InChI=1S/C34H45N3O13/c1-17(2)28-25(15-24-13-11-23(12-14-24)9-8-10-27(42)35-18(3)33(43)44)32(37-36-28)50-34-31(48-22(7)41)30(47-21(6)40)29(46-20(5)39)26(49-34)16-45-19(4)38/h11-14,17-18,26,29-31,34H,8-10,15-16H2,1-7H3,(H,35,42)(H,36,37)(H,43,44)/t18-,26+,29+,30-,31+,34-/m0/s1. The van der Waals surface area contributed by atoms with Gasteiger partial charge in [0.15, 0.2) is 12.2 Å². The van der Waals surface area contributed by atoms with Gasteiger partial charge in [-0.2, -0.15) is 0 Å². The Morgan fingerprint density at radius 3 is 2.00 bits per heavy atom. The molecule has 0 unspecified atom stereocenters. The van der Waals surface area contributed by atoms with Crippen LogP contribution in [0.4, 0.5) is 0 Å². The van der Waals surface area contributed by atoms with Crippen LogP contribution in [-0.2, 0) is 65.3 Å². The number of rotatable bonds is 16. The lowest BCUT2D eigenvalue weighted by atomic mass is 9.97. The Bertz CT molecular complexity index is 1520. The predicted molar refractivity (Wildman–Crippen MR) is 173 cm³/mol. The molecule has 1 aromatic carbocycles. The van der Waals surface area contributed by atoms with Gasteiger partial charge >= 0.3 is 29.8 Å². The highest BCUT2D eigenvalue weighted by atomic mass is 16.7. The summed E-state index contributed by atoms with van der Waals surface area (Å²) in [4.78, 5) is 71.2. The number of carboxylic acids is 1. The van der Waals surface area contributed by atoms with Crippen molar-refractivity contribution in [2.24, 2.45) is 0 Å². The molecule has 1 aliphatic rings. The molecule has 2 aromatic rings. The molecule has 0 saturated carbocycles. The normalized spacial score (nSPS) is 20.7. The fourth-order valence-electron chi connectivity index (χ4n) is 5.36. The van der Waals surface area contributed by atoms with Gasteiger partial charge in [-0.05, 0) is 36.8 Å². The lowest BCUT2D eigenvalue weighted by molar-refractivity contribution is -0.289. The SMILES string of the molecule is CC(=O)OC[C@H]1O[C@@H](Oc2n[nH]c(C(C)C)c2Cc2ccc(CCCC(=O)N[C@@H](C)C(=O)O)cc2)[C@H](OC(C)=O)[C@@H](OC(C)=O)[C@@H]1OC(C)=O. The zero-order chi connectivity index (χ0) is 37.1. The van der Waals surface area contributed by atoms with Gasteiger partial charge in [0, 0.05) is 51.8 Å². The summed E-state index contributed by atoms with van der Waals surface area (Å²) in [5, 5.41) is 18.8. The number of nitrogens with zero attached hydrogens (tertiary/aromatic N) is 1. The van der Waals surface area contributed by atoms with Crippen LogP contribution < -0.4 is 10.1 Å². The molecule has 3 N–H and O–H groups in total. The average molecular weight is 704 g/mol. The Kier molecular flexibility index (Phi) is 14.3. The first-order valence-corrected chi connectivity index (χ1v) is 16.2. The number of aromatic nitrogens is 2. The number of aliphatic carboxylic acids is 1. The number of esters is 4. The number of amides is 1. The minimum Gasteiger partial charge on any atom is -0.480 e. The highest BCUT2D eigenvalue weighted by Crippen LogP contribution is 2.34. The van der Waals surface area contributed by atoms with E-state index >= 15 is 0 Å². The molecule has 50 heavy (non-hydrogen) atoms. The molecule has 2 heterocycles. The molecule has 6 atom stereocenters. The summed E-state index contributed by atoms with van der Waals surface area (Å²) in [5.41, 5.74) is 3.32. The smallest absolute Gasteiger partial charge is 0.325 e. The van der Waals surface area contributed by atoms with Gasteiger partial charge in [0.25, 0.3) is 0 Å². The molecule has 0 spiro atoms. The van der Waals surface area contributed by atoms with E-state index in [4.69, 9.17) is 33.5 Å². The number of hydrogen-bond donors (Lipinski definition) is 3. The largest absolute Gasteiger partial charge is 0.480 e. The second-order valence-electron chi connectivity index (χ2n) is 12.2. The Morgan fingerprint density at radius 2 is 1.44 bits per heavy atom. The van der Waals surface area contributed by atoms with Crippen LogP contribution in [0.1, 0.15) is 89.6 Å². The first-order chi connectivity index (χ1) is 23.5. The van der Waals surface area contributed by atoms with E-state index in [0.717, 1.165) is 37.6 Å². The number of carbonyl (C=O) groups excluding carboxylic acids is 5. The summed E-state index contributed by atoms with van der Waals surface area (Å²) >= 11 is 0. The van der Waals surface area contributed by atoms with E-state index in [1.165, 1.54) is 13.8 Å². The van der Waals surface area contributed by atoms with Crippen molar-refractivity contribution < 1.29 is 62.3 Å². The van der Waals surface area contributed by atoms with Crippen molar-refractivity contribution >= 4 is 35.8 Å². The number of ether oxygens (including phenoxy) is 6. The molecule has 1 aliphatic heterocycles. The fourth-order valence-corrected chi connectivity index (χ4v) is 5.36. The Morgan fingerprint density at radius 1 is 0.860 bits per heavy atom. The monoisotopic (exact) mass is 703 g/mol. The number of carbonyl (C=O) groups is 6. The maximum Gasteiger partial charge on any atom is 0.325 e. The Labute approximate surface area is 289 Å². The van der Waals surface area contributed by atoms with Crippen LogP contribution in [0.25, 0.3) is 0 Å². The van der Waals surface area contributed by atoms with Crippen LogP contribution in [0.2, 0.25) is 0 Å². The number of hydrogen-bond acceptors (Lipinski definition) is 13. The molecule has 0 aliphatic carbocycles. The first-order valence-electron chi connectivity index (χ1n) is 16.2. The van der Waals surface area contributed by atoms with Crippen molar-refractivity contribution in [2.45, 2.75) is 117 Å². The summed E-state index contributed by atoms with van der Waals surface area (Å²) in [6.07, 6.45) is -5.09. The van der Waals surface area contributed by atoms with Gasteiger partial charge in [-0.3, -0.25) is 33.9 Å². The third-order valence-electron chi connectivity index (χ3n) is 7.64. The summed E-state index contributed by atoms with van der Waals surface area (Å²) in [7, 11) is 0. The Hall–Kier alpha value is -4.99. The summed E-state index contributed by atoms with van der Waals surface area (Å²) < 4.78 is 34.0. The van der Waals surface area contributed by atoms with Crippen LogP contribution in [0, 0.1) is 0 Å². The van der Waals surface area contributed by atoms with Crippen molar-refractivity contribution in [1.29, 1.82) is 0 Å². The van der Waals surface area contributed by atoms with E-state index < -0.39 is 73.2 Å². The minimum atomic E-state index is -1.45. The number of aryl methyl sites for hydroxylation is 1. The zero-order valence-electron chi connectivity index (χ0n) is 29.2. The van der Waals surface area contributed by atoms with E-state index in [1.807, 2.05) is 38.1 Å². The number of aromatic amines is 1. The molecule has 1 aromatic heterocycles. The van der Waals surface area contributed by atoms with Gasteiger partial charge in [0.1, 0.15) is 18.8 Å². The number of carboxylic acid groups (broad SMARTS) is 1. The molecule has 0 radical (unpaired) electrons. The van der Waals surface area contributed by atoms with Crippen LogP contribution >= 0.6 is 0 Å². The molecule has 1 fully saturated rings. The van der Waals surface area contributed by atoms with Crippen LogP contribution in [0.3, 0.4) is 0 Å². The van der Waals surface area contributed by atoms with Gasteiger partial charge in [-0.1, -0.05) is 38.1 Å². The Balaban J connectivity index is 1.87. The molecule has 274 valence electrons. The highest BCUT2D eigenvalue weighted by molar-refractivity contribution is 5.83. The maximum absolute atomic E-state index is 12.2. The van der Waals surface area contributed by atoms with Gasteiger partial charge in [-0.25, -0.2) is 0 Å². The van der Waals surface area contributed by atoms with E-state index in [-0.39, 0.29) is 24.1 Å². The average Bonchev–Trinajstić information content (AvgIpc) is 3.41. The maximum atomic E-state index is 12.2.